The van der Waals surface area contributed by atoms with Gasteiger partial charge in [-0.3, -0.25) is 0 Å². The highest BCUT2D eigenvalue weighted by Crippen LogP contribution is 2.15. The van der Waals surface area contributed by atoms with Crippen molar-refractivity contribution < 1.29 is 9.53 Å². The second kappa shape index (κ2) is 4.18. The number of carbonyl (C=O) groups excluding carboxylic acids is 1. The van der Waals surface area contributed by atoms with E-state index in [1.165, 1.54) is 0 Å². The molecule has 2 heterocycles. The van der Waals surface area contributed by atoms with Crippen LogP contribution in [0, 0.1) is 3.57 Å². The van der Waals surface area contributed by atoms with Crippen molar-refractivity contribution in [3.05, 3.63) is 33.8 Å². The van der Waals surface area contributed by atoms with Gasteiger partial charge in [0.05, 0.1) is 15.7 Å². The predicted octanol–water partition coefficient (Wildman–Crippen LogP) is 2.12. The number of carbonyl (C=O) groups is 1. The monoisotopic (exact) mass is 316 g/mol. The van der Waals surface area contributed by atoms with Crippen molar-refractivity contribution in [3.63, 3.8) is 0 Å². The topological polar surface area (TPSA) is 43.6 Å². The summed E-state index contributed by atoms with van der Waals surface area (Å²) >= 11 is 2.15. The average Bonchev–Trinajstić information content (AvgIpc) is 2.66. The molecule has 0 atom stereocenters. The van der Waals surface area contributed by atoms with Crippen LogP contribution >= 0.6 is 22.6 Å². The maximum absolute atomic E-state index is 11.5. The summed E-state index contributed by atoms with van der Waals surface area (Å²) in [6.07, 6.45) is 5.23. The highest BCUT2D eigenvalue weighted by molar-refractivity contribution is 14.1. The van der Waals surface area contributed by atoms with Gasteiger partial charge in [0.1, 0.15) is 5.65 Å². The van der Waals surface area contributed by atoms with E-state index in [0.717, 1.165) is 9.22 Å². The molecule has 0 fully saturated rings. The molecule has 0 spiro atoms. The molecule has 0 saturated carbocycles. The Kier molecular flexibility index (Phi) is 2.90. The summed E-state index contributed by atoms with van der Waals surface area (Å²) in [7, 11) is 0. The first kappa shape index (κ1) is 10.4. The summed E-state index contributed by atoms with van der Waals surface area (Å²) in [5.74, 6) is -0.300. The summed E-state index contributed by atoms with van der Waals surface area (Å²) in [6.45, 7) is 2.18. The van der Waals surface area contributed by atoms with E-state index in [4.69, 9.17) is 4.74 Å². The van der Waals surface area contributed by atoms with Crippen LogP contribution in [-0.4, -0.2) is 22.0 Å². The zero-order chi connectivity index (χ0) is 10.8. The number of ether oxygens (including phenoxy) is 1. The zero-order valence-corrected chi connectivity index (χ0v) is 10.3. The lowest BCUT2D eigenvalue weighted by Gasteiger charge is -2.03. The number of esters is 1. The maximum atomic E-state index is 11.5. The number of imidazole rings is 1. The van der Waals surface area contributed by atoms with Crippen LogP contribution < -0.4 is 0 Å². The van der Waals surface area contributed by atoms with E-state index in [2.05, 4.69) is 27.6 Å². The van der Waals surface area contributed by atoms with Gasteiger partial charge < -0.3 is 9.14 Å². The summed E-state index contributed by atoms with van der Waals surface area (Å²) in [5.41, 5.74) is 1.40. The van der Waals surface area contributed by atoms with Gasteiger partial charge in [0.15, 0.2) is 0 Å². The van der Waals surface area contributed by atoms with Gasteiger partial charge in [-0.15, -0.1) is 0 Å². The number of halogens is 1. The van der Waals surface area contributed by atoms with Crippen LogP contribution in [0.15, 0.2) is 24.7 Å². The molecule has 0 amide bonds. The third kappa shape index (κ3) is 1.97. The van der Waals surface area contributed by atoms with E-state index < -0.39 is 0 Å². The van der Waals surface area contributed by atoms with E-state index in [-0.39, 0.29) is 5.97 Å². The van der Waals surface area contributed by atoms with E-state index in [9.17, 15) is 4.79 Å². The van der Waals surface area contributed by atoms with Crippen LogP contribution in [0.5, 0.6) is 0 Å². The highest BCUT2D eigenvalue weighted by atomic mass is 127. The smallest absolute Gasteiger partial charge is 0.339 e. The Hall–Kier alpha value is -1.11. The van der Waals surface area contributed by atoms with E-state index >= 15 is 0 Å². The lowest BCUT2D eigenvalue weighted by atomic mass is 10.3. The number of rotatable bonds is 2. The van der Waals surface area contributed by atoms with Gasteiger partial charge in [-0.05, 0) is 35.6 Å². The first-order valence-corrected chi connectivity index (χ1v) is 5.59. The number of pyridine rings is 1. The number of nitrogens with zero attached hydrogens (tertiary/aromatic N) is 2. The Morgan fingerprint density at radius 1 is 1.67 bits per heavy atom. The third-order valence-electron chi connectivity index (χ3n) is 1.95. The molecule has 0 unspecified atom stereocenters. The lowest BCUT2D eigenvalue weighted by Crippen LogP contribution is -2.06. The summed E-state index contributed by atoms with van der Waals surface area (Å²) in [4.78, 5) is 15.7. The lowest BCUT2D eigenvalue weighted by molar-refractivity contribution is 0.0525. The van der Waals surface area contributed by atoms with Crippen molar-refractivity contribution in [2.24, 2.45) is 0 Å². The molecule has 2 aromatic heterocycles. The van der Waals surface area contributed by atoms with Crippen LogP contribution in [0.2, 0.25) is 0 Å². The molecule has 2 rings (SSSR count). The van der Waals surface area contributed by atoms with Crippen molar-refractivity contribution in [1.82, 2.24) is 9.38 Å². The van der Waals surface area contributed by atoms with Crippen molar-refractivity contribution in [2.45, 2.75) is 6.92 Å². The van der Waals surface area contributed by atoms with Gasteiger partial charge in [-0.25, -0.2) is 9.78 Å². The molecule has 0 N–H and O–H groups in total. The third-order valence-corrected chi connectivity index (χ3v) is 2.75. The summed E-state index contributed by atoms with van der Waals surface area (Å²) < 4.78 is 7.68. The van der Waals surface area contributed by atoms with E-state index in [0.29, 0.717) is 12.2 Å². The quantitative estimate of drug-likeness (QED) is 0.630. The first-order valence-electron chi connectivity index (χ1n) is 4.51. The Bertz CT molecular complexity index is 507. The normalized spacial score (nSPS) is 10.5. The second-order valence-corrected chi connectivity index (χ2v) is 4.12. The molecule has 0 saturated heterocycles. The minimum absolute atomic E-state index is 0.300. The fraction of sp³-hybridized carbons (Fsp3) is 0.200. The van der Waals surface area contributed by atoms with Crippen molar-refractivity contribution >= 4 is 34.2 Å². The van der Waals surface area contributed by atoms with Gasteiger partial charge in [0.25, 0.3) is 0 Å². The molecule has 0 aliphatic heterocycles. The Morgan fingerprint density at radius 2 is 2.47 bits per heavy atom. The van der Waals surface area contributed by atoms with Crippen LogP contribution in [0.25, 0.3) is 5.65 Å². The molecule has 2 aromatic rings. The molecular formula is C10H9IN2O2. The Morgan fingerprint density at radius 3 is 3.20 bits per heavy atom. The van der Waals surface area contributed by atoms with Gasteiger partial charge in [-0.1, -0.05) is 0 Å². The van der Waals surface area contributed by atoms with Crippen LogP contribution in [-0.2, 0) is 4.74 Å². The number of hydrogen-bond donors (Lipinski definition) is 0. The van der Waals surface area contributed by atoms with E-state index in [1.807, 2.05) is 4.40 Å². The number of hydrogen-bond acceptors (Lipinski definition) is 3. The molecule has 5 heteroatoms. The fourth-order valence-electron chi connectivity index (χ4n) is 1.32. The predicted molar refractivity (Wildman–Crippen MR) is 63.9 cm³/mol. The highest BCUT2D eigenvalue weighted by Gasteiger charge is 2.10. The Labute approximate surface area is 100 Å². The molecule has 0 aromatic carbocycles. The van der Waals surface area contributed by atoms with E-state index in [1.54, 1.807) is 31.6 Å². The summed E-state index contributed by atoms with van der Waals surface area (Å²) in [5, 5.41) is 0. The Balaban J connectivity index is 2.49. The van der Waals surface area contributed by atoms with Crippen molar-refractivity contribution in [3.8, 4) is 0 Å². The first-order chi connectivity index (χ1) is 7.22. The SMILES string of the molecule is CCOC(=O)c1cc(I)c2nccn2c1. The van der Waals surface area contributed by atoms with Crippen LogP contribution in [0.3, 0.4) is 0 Å². The van der Waals surface area contributed by atoms with Gasteiger partial charge >= 0.3 is 5.97 Å². The molecule has 0 aliphatic carbocycles. The van der Waals surface area contributed by atoms with Crippen LogP contribution in [0.4, 0.5) is 0 Å². The van der Waals surface area contributed by atoms with Gasteiger partial charge in [0, 0.05) is 18.6 Å². The van der Waals surface area contributed by atoms with Crippen molar-refractivity contribution in [2.75, 3.05) is 6.61 Å². The molecule has 0 aliphatic rings. The summed E-state index contributed by atoms with van der Waals surface area (Å²) in [6, 6.07) is 1.78. The molecule has 78 valence electrons. The number of fused-ring (bicyclic) bond motifs is 1. The minimum Gasteiger partial charge on any atom is -0.462 e. The van der Waals surface area contributed by atoms with Crippen molar-refractivity contribution in [1.29, 1.82) is 0 Å². The number of aromatic nitrogens is 2. The average molecular weight is 316 g/mol. The molecule has 4 nitrogen and oxygen atoms in total. The van der Waals surface area contributed by atoms with Gasteiger partial charge in [0.2, 0.25) is 0 Å². The standard InChI is InChI=1S/C10H9IN2O2/c1-2-15-10(14)7-5-8(11)9-12-3-4-13(9)6-7/h3-6H,2H2,1H3. The van der Waals surface area contributed by atoms with Gasteiger partial charge in [-0.2, -0.15) is 0 Å². The maximum Gasteiger partial charge on any atom is 0.339 e. The zero-order valence-electron chi connectivity index (χ0n) is 8.11. The molecular weight excluding hydrogens is 307 g/mol. The fourth-order valence-corrected chi connectivity index (χ4v) is 2.07. The molecule has 0 radical (unpaired) electrons. The second-order valence-electron chi connectivity index (χ2n) is 2.96. The largest absolute Gasteiger partial charge is 0.462 e. The minimum atomic E-state index is -0.300. The van der Waals surface area contributed by atoms with Crippen LogP contribution in [0.1, 0.15) is 17.3 Å². The molecule has 0 bridgehead atoms. The molecule has 15 heavy (non-hydrogen) atoms.